The average Bonchev–Trinajstić information content (AvgIpc) is 3.38. The molecule has 3 aromatic rings. The van der Waals surface area contributed by atoms with Crippen molar-refractivity contribution in [3.63, 3.8) is 0 Å². The van der Waals surface area contributed by atoms with E-state index in [1.165, 1.54) is 33.4 Å². The maximum atomic E-state index is 6.35. The summed E-state index contributed by atoms with van der Waals surface area (Å²) >= 11 is 0. The van der Waals surface area contributed by atoms with Gasteiger partial charge in [0.2, 0.25) is 0 Å². The summed E-state index contributed by atoms with van der Waals surface area (Å²) in [6.07, 6.45) is 4.16. The van der Waals surface area contributed by atoms with Crippen LogP contribution in [0.2, 0.25) is 0 Å². The van der Waals surface area contributed by atoms with Gasteiger partial charge in [-0.05, 0) is 34.4 Å². The van der Waals surface area contributed by atoms with Crippen LogP contribution in [-0.4, -0.2) is 26.4 Å². The van der Waals surface area contributed by atoms with Gasteiger partial charge in [-0.25, -0.2) is 0 Å². The Kier molecular flexibility index (Phi) is 3.50. The second-order valence-corrected chi connectivity index (χ2v) is 7.50. The van der Waals surface area contributed by atoms with Crippen LogP contribution in [-0.2, 0) is 4.74 Å². The molecule has 29 heavy (non-hydrogen) atoms. The molecule has 3 aliphatic rings. The minimum absolute atomic E-state index is 0.0759. The summed E-state index contributed by atoms with van der Waals surface area (Å²) in [7, 11) is 3.47. The molecule has 0 spiro atoms. The van der Waals surface area contributed by atoms with Crippen molar-refractivity contribution in [1.82, 2.24) is 0 Å². The SMILES string of the molecule is COc1cccc2c1C1=C(c3c(OC)cccc3-c3ccccc3-2)C2C=CC1O2. The highest BCUT2D eigenvalue weighted by Crippen LogP contribution is 2.55. The van der Waals surface area contributed by atoms with E-state index in [1.54, 1.807) is 14.2 Å². The third-order valence-corrected chi connectivity index (χ3v) is 6.15. The molecule has 0 saturated heterocycles. The average molecular weight is 380 g/mol. The first-order valence-corrected chi connectivity index (χ1v) is 9.84. The predicted octanol–water partition coefficient (Wildman–Crippen LogP) is 5.60. The second kappa shape index (κ2) is 6.10. The lowest BCUT2D eigenvalue weighted by molar-refractivity contribution is 0.143. The molecule has 2 heterocycles. The minimum atomic E-state index is -0.0759. The summed E-state index contributed by atoms with van der Waals surface area (Å²) < 4.78 is 18.0. The number of benzene rings is 3. The highest BCUT2D eigenvalue weighted by atomic mass is 16.5. The van der Waals surface area contributed by atoms with Crippen molar-refractivity contribution in [2.24, 2.45) is 0 Å². The Hall–Kier alpha value is -3.30. The summed E-state index contributed by atoms with van der Waals surface area (Å²) in [6.45, 7) is 0. The molecule has 142 valence electrons. The van der Waals surface area contributed by atoms with Crippen molar-refractivity contribution in [3.05, 3.63) is 83.9 Å². The molecule has 2 atom stereocenters. The Labute approximate surface area is 169 Å². The maximum Gasteiger partial charge on any atom is 0.127 e. The third kappa shape index (κ3) is 2.16. The molecule has 2 aliphatic heterocycles. The molecule has 0 amide bonds. The highest BCUT2D eigenvalue weighted by Gasteiger charge is 2.42. The number of hydrogen-bond donors (Lipinski definition) is 0. The molecule has 0 N–H and O–H groups in total. The van der Waals surface area contributed by atoms with Gasteiger partial charge in [-0.3, -0.25) is 0 Å². The van der Waals surface area contributed by atoms with Crippen LogP contribution >= 0.6 is 0 Å². The number of ether oxygens (including phenoxy) is 3. The van der Waals surface area contributed by atoms with Gasteiger partial charge in [0.05, 0.1) is 14.2 Å². The van der Waals surface area contributed by atoms with Crippen molar-refractivity contribution in [2.75, 3.05) is 14.2 Å². The van der Waals surface area contributed by atoms with Gasteiger partial charge in [0, 0.05) is 22.3 Å². The van der Waals surface area contributed by atoms with Crippen LogP contribution < -0.4 is 9.47 Å². The summed E-state index contributed by atoms with van der Waals surface area (Å²) in [5.41, 5.74) is 9.33. The molecule has 2 unspecified atom stereocenters. The number of rotatable bonds is 2. The molecule has 6 rings (SSSR count). The van der Waals surface area contributed by atoms with Crippen molar-refractivity contribution in [3.8, 4) is 33.8 Å². The van der Waals surface area contributed by atoms with E-state index in [1.807, 2.05) is 12.1 Å². The van der Waals surface area contributed by atoms with Gasteiger partial charge in [0.15, 0.2) is 0 Å². The number of hydrogen-bond acceptors (Lipinski definition) is 3. The topological polar surface area (TPSA) is 27.7 Å². The van der Waals surface area contributed by atoms with E-state index in [4.69, 9.17) is 14.2 Å². The minimum Gasteiger partial charge on any atom is -0.496 e. The van der Waals surface area contributed by atoms with E-state index in [0.717, 1.165) is 22.6 Å². The zero-order valence-corrected chi connectivity index (χ0v) is 16.3. The van der Waals surface area contributed by atoms with Crippen molar-refractivity contribution >= 4 is 11.1 Å². The molecule has 3 nitrogen and oxygen atoms in total. The van der Waals surface area contributed by atoms with Gasteiger partial charge in [0.25, 0.3) is 0 Å². The smallest absolute Gasteiger partial charge is 0.127 e. The molecule has 2 bridgehead atoms. The summed E-state index contributed by atoms with van der Waals surface area (Å²) in [6, 6.07) is 21.1. The van der Waals surface area contributed by atoms with E-state index in [-0.39, 0.29) is 12.2 Å². The standard InChI is InChI=1S/C26H20O3/c1-27-19-11-5-9-17-15-7-3-4-8-16(15)18-10-6-12-20(28-2)24(18)26-22-14-13-21(29-22)25(26)23(17)19/h3-14,21-22H,1-2H3. The van der Waals surface area contributed by atoms with Crippen LogP contribution in [0.25, 0.3) is 33.4 Å². The van der Waals surface area contributed by atoms with Gasteiger partial charge in [0.1, 0.15) is 23.7 Å². The maximum absolute atomic E-state index is 6.35. The molecule has 3 heteroatoms. The molecule has 1 aliphatic carbocycles. The van der Waals surface area contributed by atoms with Crippen molar-refractivity contribution in [1.29, 1.82) is 0 Å². The first-order chi connectivity index (χ1) is 14.3. The second-order valence-electron chi connectivity index (χ2n) is 7.50. The Bertz CT molecular complexity index is 1130. The first-order valence-electron chi connectivity index (χ1n) is 9.84. The van der Waals surface area contributed by atoms with E-state index < -0.39 is 0 Å². The van der Waals surface area contributed by atoms with Gasteiger partial charge in [-0.1, -0.05) is 60.7 Å². The summed E-state index contributed by atoms with van der Waals surface area (Å²) in [5.74, 6) is 1.74. The number of fused-ring (bicyclic) bond motifs is 11. The lowest BCUT2D eigenvalue weighted by atomic mass is 9.77. The van der Waals surface area contributed by atoms with Gasteiger partial charge in [-0.2, -0.15) is 0 Å². The van der Waals surface area contributed by atoms with Gasteiger partial charge >= 0.3 is 0 Å². The van der Waals surface area contributed by atoms with E-state index in [0.29, 0.717) is 0 Å². The predicted molar refractivity (Wildman–Crippen MR) is 115 cm³/mol. The Balaban J connectivity index is 1.84. The lowest BCUT2D eigenvalue weighted by Gasteiger charge is -2.27. The van der Waals surface area contributed by atoms with Crippen LogP contribution in [0.1, 0.15) is 11.1 Å². The van der Waals surface area contributed by atoms with Crippen LogP contribution in [0.4, 0.5) is 0 Å². The molecule has 0 aromatic heterocycles. The van der Waals surface area contributed by atoms with Crippen LogP contribution in [0, 0.1) is 0 Å². The monoisotopic (exact) mass is 380 g/mol. The van der Waals surface area contributed by atoms with E-state index >= 15 is 0 Å². The molecular formula is C26H20O3. The fraction of sp³-hybridized carbons (Fsp3) is 0.154. The Morgan fingerprint density at radius 3 is 1.48 bits per heavy atom. The van der Waals surface area contributed by atoms with Gasteiger partial charge in [-0.15, -0.1) is 0 Å². The lowest BCUT2D eigenvalue weighted by Crippen LogP contribution is -2.10. The van der Waals surface area contributed by atoms with Crippen LogP contribution in [0.3, 0.4) is 0 Å². The highest BCUT2D eigenvalue weighted by molar-refractivity contribution is 6.10. The fourth-order valence-electron chi connectivity index (χ4n) is 5.00. The normalized spacial score (nSPS) is 20.3. The molecule has 0 radical (unpaired) electrons. The van der Waals surface area contributed by atoms with Crippen molar-refractivity contribution in [2.45, 2.75) is 12.2 Å². The quantitative estimate of drug-likeness (QED) is 0.542. The summed E-state index contributed by atoms with van der Waals surface area (Å²) in [4.78, 5) is 0. The third-order valence-electron chi connectivity index (χ3n) is 6.15. The summed E-state index contributed by atoms with van der Waals surface area (Å²) in [5, 5.41) is 0. The zero-order valence-electron chi connectivity index (χ0n) is 16.3. The fourth-order valence-corrected chi connectivity index (χ4v) is 5.00. The first kappa shape index (κ1) is 16.6. The Morgan fingerprint density at radius 1 is 0.586 bits per heavy atom. The molecule has 3 aromatic carbocycles. The molecule has 0 fully saturated rings. The largest absolute Gasteiger partial charge is 0.496 e. The Morgan fingerprint density at radius 2 is 1.03 bits per heavy atom. The number of methoxy groups -OCH3 is 2. The van der Waals surface area contributed by atoms with Crippen LogP contribution in [0.5, 0.6) is 11.5 Å². The van der Waals surface area contributed by atoms with E-state index in [9.17, 15) is 0 Å². The molecule has 0 saturated carbocycles. The van der Waals surface area contributed by atoms with Gasteiger partial charge < -0.3 is 14.2 Å². The van der Waals surface area contributed by atoms with E-state index in [2.05, 4.69) is 60.7 Å². The van der Waals surface area contributed by atoms with Crippen molar-refractivity contribution < 1.29 is 14.2 Å². The molecular weight excluding hydrogens is 360 g/mol. The zero-order chi connectivity index (χ0) is 19.5. The van der Waals surface area contributed by atoms with Crippen LogP contribution in [0.15, 0.2) is 72.8 Å².